The molecule has 0 bridgehead atoms. The largest absolute Gasteiger partial charge is 0.497 e. The van der Waals surface area contributed by atoms with Gasteiger partial charge in [0.15, 0.2) is 5.82 Å². The molecule has 1 fully saturated rings. The Bertz CT molecular complexity index is 1180. The number of benzene rings is 1. The summed E-state index contributed by atoms with van der Waals surface area (Å²) in [4.78, 5) is 38.8. The van der Waals surface area contributed by atoms with Crippen LogP contribution in [0.25, 0.3) is 11.0 Å². The zero-order valence-corrected chi connectivity index (χ0v) is 19.5. The molecule has 8 heteroatoms. The van der Waals surface area contributed by atoms with Crippen LogP contribution in [0.1, 0.15) is 25.8 Å². The zero-order valence-electron chi connectivity index (χ0n) is 19.5. The van der Waals surface area contributed by atoms with E-state index in [0.29, 0.717) is 57.3 Å². The van der Waals surface area contributed by atoms with Crippen LogP contribution in [0.2, 0.25) is 0 Å². The second-order valence-electron chi connectivity index (χ2n) is 8.83. The van der Waals surface area contributed by atoms with Gasteiger partial charge >= 0.3 is 0 Å². The number of aryl methyl sites for hydroxylation is 1. The van der Waals surface area contributed by atoms with Crippen molar-refractivity contribution in [1.29, 1.82) is 0 Å². The second-order valence-corrected chi connectivity index (χ2v) is 8.83. The minimum absolute atomic E-state index is 0.0954. The Morgan fingerprint density at radius 2 is 1.94 bits per heavy atom. The molecule has 2 aromatic heterocycles. The number of hydrogen-bond donors (Lipinski definition) is 0. The molecular formula is C25H31N5O3. The number of hydrogen-bond acceptors (Lipinski definition) is 6. The van der Waals surface area contributed by atoms with Crippen LogP contribution < -0.4 is 15.2 Å². The van der Waals surface area contributed by atoms with E-state index in [1.165, 1.54) is 0 Å². The van der Waals surface area contributed by atoms with Gasteiger partial charge in [-0.3, -0.25) is 14.6 Å². The Morgan fingerprint density at radius 3 is 2.67 bits per heavy atom. The third-order valence-corrected chi connectivity index (χ3v) is 5.97. The molecule has 4 rings (SSSR count). The Hall–Kier alpha value is -3.42. The lowest BCUT2D eigenvalue weighted by atomic mass is 10.1. The van der Waals surface area contributed by atoms with Crippen molar-refractivity contribution in [2.45, 2.75) is 33.2 Å². The number of aromatic nitrogens is 3. The van der Waals surface area contributed by atoms with Gasteiger partial charge < -0.3 is 19.1 Å². The van der Waals surface area contributed by atoms with Crippen LogP contribution in [0.5, 0.6) is 5.75 Å². The van der Waals surface area contributed by atoms with Gasteiger partial charge in [0.1, 0.15) is 5.75 Å². The average molecular weight is 450 g/mol. The maximum absolute atomic E-state index is 13.3. The molecule has 1 amide bonds. The van der Waals surface area contributed by atoms with Crippen LogP contribution in [-0.2, 0) is 17.8 Å². The Morgan fingerprint density at radius 1 is 1.15 bits per heavy atom. The van der Waals surface area contributed by atoms with Crippen LogP contribution in [0.15, 0.2) is 47.5 Å². The molecule has 0 N–H and O–H groups in total. The summed E-state index contributed by atoms with van der Waals surface area (Å²) in [6.45, 7) is 7.12. The number of fused-ring (bicyclic) bond motifs is 1. The number of carbonyl (C=O) groups excluding carboxylic acids is 1. The van der Waals surface area contributed by atoms with E-state index in [-0.39, 0.29) is 11.5 Å². The van der Waals surface area contributed by atoms with Gasteiger partial charge in [-0.2, -0.15) is 0 Å². The first-order valence-electron chi connectivity index (χ1n) is 11.5. The van der Waals surface area contributed by atoms with Crippen LogP contribution in [0.3, 0.4) is 0 Å². The number of nitrogens with zero attached hydrogens (tertiary/aromatic N) is 5. The molecule has 0 unspecified atom stereocenters. The molecule has 174 valence electrons. The van der Waals surface area contributed by atoms with Gasteiger partial charge in [-0.15, -0.1) is 0 Å². The fraction of sp³-hybridized carbons (Fsp3) is 0.440. The number of piperazine rings is 1. The highest BCUT2D eigenvalue weighted by Crippen LogP contribution is 2.18. The quantitative estimate of drug-likeness (QED) is 0.552. The number of rotatable bonds is 7. The van der Waals surface area contributed by atoms with Crippen molar-refractivity contribution in [2.24, 2.45) is 5.92 Å². The minimum atomic E-state index is -0.0954. The van der Waals surface area contributed by atoms with E-state index >= 15 is 0 Å². The number of ether oxygens (including phenoxy) is 1. The lowest BCUT2D eigenvalue weighted by molar-refractivity contribution is -0.131. The first kappa shape index (κ1) is 22.8. The lowest BCUT2D eigenvalue weighted by Gasteiger charge is -2.35. The van der Waals surface area contributed by atoms with E-state index in [9.17, 15) is 9.59 Å². The van der Waals surface area contributed by atoms with Crippen molar-refractivity contribution >= 4 is 22.8 Å². The molecule has 0 atom stereocenters. The fourth-order valence-corrected chi connectivity index (χ4v) is 4.23. The van der Waals surface area contributed by atoms with E-state index in [1.807, 2.05) is 40.1 Å². The van der Waals surface area contributed by atoms with E-state index in [1.54, 1.807) is 24.1 Å². The number of methoxy groups -OCH3 is 1. The van der Waals surface area contributed by atoms with Crippen LogP contribution in [0.4, 0.5) is 5.82 Å². The van der Waals surface area contributed by atoms with Crippen molar-refractivity contribution in [3.8, 4) is 5.75 Å². The maximum atomic E-state index is 13.3. The molecule has 0 aliphatic carbocycles. The molecular weight excluding hydrogens is 418 g/mol. The highest BCUT2D eigenvalue weighted by Gasteiger charge is 2.25. The summed E-state index contributed by atoms with van der Waals surface area (Å²) in [5.41, 5.74) is 2.51. The Kier molecular flexibility index (Phi) is 6.91. The standard InChI is InChI=1S/C25H31N5O3/c1-18(2)17-30-22-16-26-10-9-21(22)27-24(25(30)32)29-13-11-28(12-14-29)23(31)8-7-19-5-4-6-20(15-19)33-3/h4-6,9-10,15-16,18H,7-8,11-14,17H2,1-3H3. The summed E-state index contributed by atoms with van der Waals surface area (Å²) >= 11 is 0. The fourth-order valence-electron chi connectivity index (χ4n) is 4.23. The van der Waals surface area contributed by atoms with Gasteiger partial charge in [-0.25, -0.2) is 4.98 Å². The number of amides is 1. The minimum Gasteiger partial charge on any atom is -0.497 e. The van der Waals surface area contributed by atoms with Gasteiger partial charge in [-0.05, 0) is 36.1 Å². The second kappa shape index (κ2) is 10.0. The molecule has 0 spiro atoms. The van der Waals surface area contributed by atoms with Crippen molar-refractivity contribution < 1.29 is 9.53 Å². The summed E-state index contributed by atoms with van der Waals surface area (Å²) in [5, 5.41) is 0. The number of anilines is 1. The summed E-state index contributed by atoms with van der Waals surface area (Å²) in [6, 6.07) is 9.66. The maximum Gasteiger partial charge on any atom is 0.294 e. The SMILES string of the molecule is COc1cccc(CCC(=O)N2CCN(c3nc4ccncc4n(CC(C)C)c3=O)CC2)c1. The summed E-state index contributed by atoms with van der Waals surface area (Å²) in [6.07, 6.45) is 4.53. The smallest absolute Gasteiger partial charge is 0.294 e. The van der Waals surface area contributed by atoms with Gasteiger partial charge in [0, 0.05) is 45.3 Å². The summed E-state index contributed by atoms with van der Waals surface area (Å²) < 4.78 is 7.04. The molecule has 8 nitrogen and oxygen atoms in total. The highest BCUT2D eigenvalue weighted by molar-refractivity contribution is 5.77. The third-order valence-electron chi connectivity index (χ3n) is 5.97. The summed E-state index contributed by atoms with van der Waals surface area (Å²) in [5.74, 6) is 1.71. The van der Waals surface area contributed by atoms with Gasteiger partial charge in [0.2, 0.25) is 5.91 Å². The molecule has 0 radical (unpaired) electrons. The molecule has 1 saturated heterocycles. The first-order valence-corrected chi connectivity index (χ1v) is 11.5. The first-order chi connectivity index (χ1) is 16.0. The van der Waals surface area contributed by atoms with Crippen molar-refractivity contribution in [2.75, 3.05) is 38.2 Å². The number of carbonyl (C=O) groups is 1. The van der Waals surface area contributed by atoms with Crippen LogP contribution in [-0.4, -0.2) is 58.6 Å². The average Bonchev–Trinajstić information content (AvgIpc) is 2.84. The van der Waals surface area contributed by atoms with Crippen LogP contribution >= 0.6 is 0 Å². The van der Waals surface area contributed by atoms with Gasteiger partial charge in [-0.1, -0.05) is 26.0 Å². The molecule has 33 heavy (non-hydrogen) atoms. The van der Waals surface area contributed by atoms with Crippen molar-refractivity contribution in [3.63, 3.8) is 0 Å². The van der Waals surface area contributed by atoms with Crippen LogP contribution in [0, 0.1) is 5.92 Å². The summed E-state index contributed by atoms with van der Waals surface area (Å²) in [7, 11) is 1.64. The van der Waals surface area contributed by atoms with E-state index < -0.39 is 0 Å². The van der Waals surface area contributed by atoms with Gasteiger partial charge in [0.25, 0.3) is 5.56 Å². The molecule has 1 aromatic carbocycles. The third kappa shape index (κ3) is 5.16. The molecule has 1 aliphatic rings. The van der Waals surface area contributed by atoms with E-state index in [2.05, 4.69) is 23.8 Å². The Labute approximate surface area is 193 Å². The highest BCUT2D eigenvalue weighted by atomic mass is 16.5. The predicted molar refractivity (Wildman–Crippen MR) is 129 cm³/mol. The lowest BCUT2D eigenvalue weighted by Crippen LogP contribution is -2.50. The molecule has 1 aliphatic heterocycles. The topological polar surface area (TPSA) is 80.6 Å². The van der Waals surface area contributed by atoms with Crippen molar-refractivity contribution in [3.05, 3.63) is 58.6 Å². The number of pyridine rings is 1. The molecule has 0 saturated carbocycles. The monoisotopic (exact) mass is 449 g/mol. The Balaban J connectivity index is 1.43. The molecule has 3 heterocycles. The predicted octanol–water partition coefficient (Wildman–Crippen LogP) is 2.74. The zero-order chi connectivity index (χ0) is 23.4. The van der Waals surface area contributed by atoms with Gasteiger partial charge in [0.05, 0.1) is 24.3 Å². The molecule has 3 aromatic rings. The van der Waals surface area contributed by atoms with E-state index in [4.69, 9.17) is 4.74 Å². The normalized spacial score (nSPS) is 14.2. The van der Waals surface area contributed by atoms with E-state index in [0.717, 1.165) is 22.3 Å². The van der Waals surface area contributed by atoms with Crippen molar-refractivity contribution in [1.82, 2.24) is 19.4 Å².